The fraction of sp³-hybridized carbons (Fsp3) is 0.273. The minimum atomic E-state index is -3.99. The Hall–Kier alpha value is -3.33. The number of imide groups is 1. The van der Waals surface area contributed by atoms with Gasteiger partial charge in [-0.15, -0.1) is 0 Å². The number of amides is 4. The molecule has 0 aromatic heterocycles. The van der Waals surface area contributed by atoms with Gasteiger partial charge in [-0.05, 0) is 35.7 Å². The van der Waals surface area contributed by atoms with Gasteiger partial charge in [-0.1, -0.05) is 35.9 Å². The van der Waals surface area contributed by atoms with E-state index in [0.29, 0.717) is 0 Å². The van der Waals surface area contributed by atoms with E-state index in [1.54, 1.807) is 0 Å². The lowest BCUT2D eigenvalue weighted by Gasteiger charge is -2.29. The van der Waals surface area contributed by atoms with Gasteiger partial charge in [0.05, 0.1) is 1.37 Å². The molecule has 0 aliphatic carbocycles. The molecule has 2 N–H and O–H groups in total. The van der Waals surface area contributed by atoms with Gasteiger partial charge in [-0.25, -0.2) is 0 Å². The smallest absolute Gasteiger partial charge is 0.346 e. The summed E-state index contributed by atoms with van der Waals surface area (Å²) >= 11 is 5.69. The minimum absolute atomic E-state index is 0.0236. The SMILES string of the molecule is [2H]C1CC(=O)N([2H])C(=O)C1([2H])N1Cc2cc(CN([2H])C(=O)C(F)(F)c3ccc(Cl)cc3)ccc2C1=O. The Kier molecular flexibility index (Phi) is 4.48. The molecule has 7 nitrogen and oxygen atoms in total. The van der Waals surface area contributed by atoms with Crippen LogP contribution in [0.4, 0.5) is 8.78 Å². The van der Waals surface area contributed by atoms with Crippen LogP contribution in [0.5, 0.6) is 0 Å². The second-order valence-electron chi connectivity index (χ2n) is 7.19. The van der Waals surface area contributed by atoms with Gasteiger partial charge in [0.15, 0.2) is 2.82 Å². The summed E-state index contributed by atoms with van der Waals surface area (Å²) in [6.07, 6.45) is -2.21. The summed E-state index contributed by atoms with van der Waals surface area (Å²) in [5.74, 6) is -8.82. The minimum Gasteiger partial charge on any atom is -0.346 e. The van der Waals surface area contributed by atoms with Crippen molar-refractivity contribution in [2.45, 2.75) is 37.8 Å². The number of alkyl halides is 2. The largest absolute Gasteiger partial charge is 0.349 e. The number of piperidine rings is 1. The molecular weight excluding hydrogens is 444 g/mol. The number of rotatable bonds is 5. The Bertz CT molecular complexity index is 1280. The number of hydrogen-bond donors (Lipinski definition) is 2. The molecule has 4 rings (SSSR count). The van der Waals surface area contributed by atoms with Crippen molar-refractivity contribution in [1.82, 2.24) is 15.5 Å². The highest BCUT2D eigenvalue weighted by molar-refractivity contribution is 6.30. The molecule has 0 spiro atoms. The number of carbonyl (C=O) groups is 4. The van der Waals surface area contributed by atoms with Crippen LogP contribution in [0.1, 0.15) is 42.6 Å². The Morgan fingerprint density at radius 2 is 2.03 bits per heavy atom. The Balaban J connectivity index is 1.53. The highest BCUT2D eigenvalue weighted by Gasteiger charge is 2.41. The lowest BCUT2D eigenvalue weighted by Crippen LogP contribution is -2.52. The number of nitrogens with one attached hydrogen (secondary N) is 2. The quantitative estimate of drug-likeness (QED) is 0.663. The van der Waals surface area contributed by atoms with Crippen molar-refractivity contribution >= 4 is 35.2 Å². The molecule has 2 heterocycles. The molecule has 2 atom stereocenters. The first-order valence-corrected chi connectivity index (χ1v) is 9.83. The molecule has 2 unspecified atom stereocenters. The van der Waals surface area contributed by atoms with E-state index in [2.05, 4.69) is 0 Å². The van der Waals surface area contributed by atoms with Crippen LogP contribution in [0, 0.1) is 0 Å². The van der Waals surface area contributed by atoms with Crippen molar-refractivity contribution in [1.29, 1.82) is 0 Å². The zero-order chi connectivity index (χ0) is 26.6. The van der Waals surface area contributed by atoms with Crippen LogP contribution < -0.4 is 10.6 Å². The topological polar surface area (TPSA) is 95.6 Å². The summed E-state index contributed by atoms with van der Waals surface area (Å²) in [6, 6.07) is 5.88. The molecule has 32 heavy (non-hydrogen) atoms. The monoisotopic (exact) mass is 465 g/mol. The van der Waals surface area contributed by atoms with Crippen molar-refractivity contribution in [3.05, 3.63) is 69.7 Å². The zero-order valence-electron chi connectivity index (χ0n) is 20.3. The third-order valence-corrected chi connectivity index (χ3v) is 5.31. The van der Waals surface area contributed by atoms with Gasteiger partial charge in [-0.2, -0.15) is 8.78 Å². The van der Waals surface area contributed by atoms with Crippen molar-refractivity contribution in [3.63, 3.8) is 0 Å². The lowest BCUT2D eigenvalue weighted by atomic mass is 10.0. The van der Waals surface area contributed by atoms with Gasteiger partial charge in [0, 0.05) is 37.0 Å². The van der Waals surface area contributed by atoms with Crippen LogP contribution in [0.3, 0.4) is 0 Å². The first kappa shape index (κ1) is 17.3. The van der Waals surface area contributed by atoms with E-state index in [9.17, 15) is 28.0 Å². The molecule has 2 aromatic rings. The summed E-state index contributed by atoms with van der Waals surface area (Å²) in [5.41, 5.74) is -0.0440. The summed E-state index contributed by atoms with van der Waals surface area (Å²) in [7, 11) is 0. The normalized spacial score (nSPS) is 25.1. The Morgan fingerprint density at radius 3 is 2.75 bits per heavy atom. The molecule has 4 amide bonds. The van der Waals surface area contributed by atoms with Crippen molar-refractivity contribution in [2.24, 2.45) is 0 Å². The number of carbonyl (C=O) groups excluding carboxylic acids is 4. The second kappa shape index (κ2) is 8.31. The third-order valence-electron chi connectivity index (χ3n) is 5.06. The Labute approximate surface area is 192 Å². The standard InChI is InChI=1S/C22H18ClF2N3O4/c23-15-4-2-14(3-5-15)22(24,25)21(32)26-10-12-1-6-16-13(9-12)11-28(20(16)31)17-7-8-18(29)27-19(17)30/h1-6,9,17H,7-8,10-11H2,(H,26,32)(H,27,29,30)/i7D,17D/hD2. The number of halogens is 3. The summed E-state index contributed by atoms with van der Waals surface area (Å²) in [4.78, 5) is 50.3. The molecule has 2 aromatic carbocycles. The number of benzene rings is 2. The maximum absolute atomic E-state index is 14.6. The molecular formula is C22H18ClF2N3O4. The van der Waals surface area contributed by atoms with Crippen molar-refractivity contribution in [3.8, 4) is 0 Å². The van der Waals surface area contributed by atoms with E-state index < -0.39 is 60.5 Å². The first-order valence-electron chi connectivity index (χ1n) is 11.4. The summed E-state index contributed by atoms with van der Waals surface area (Å²) in [6.45, 7) is -0.869. The molecule has 2 aliphatic rings. The average molecular weight is 466 g/mol. The predicted octanol–water partition coefficient (Wildman–Crippen LogP) is 2.51. The second-order valence-corrected chi connectivity index (χ2v) is 7.63. The van der Waals surface area contributed by atoms with Crippen LogP contribution in [-0.2, 0) is 33.4 Å². The molecule has 0 saturated carbocycles. The lowest BCUT2D eigenvalue weighted by molar-refractivity contribution is -0.147. The van der Waals surface area contributed by atoms with Gasteiger partial charge >= 0.3 is 5.92 Å². The first-order chi connectivity index (χ1) is 16.8. The number of nitrogens with zero attached hydrogens (tertiary/aromatic N) is 1. The highest BCUT2D eigenvalue weighted by atomic mass is 35.5. The third kappa shape index (κ3) is 4.08. The van der Waals surface area contributed by atoms with Crippen LogP contribution in [0.25, 0.3) is 0 Å². The van der Waals surface area contributed by atoms with E-state index in [1.807, 2.05) is 0 Å². The average Bonchev–Trinajstić information content (AvgIpc) is 3.17. The molecule has 1 fully saturated rings. The predicted molar refractivity (Wildman–Crippen MR) is 110 cm³/mol. The van der Waals surface area contributed by atoms with E-state index in [4.69, 9.17) is 17.2 Å². The van der Waals surface area contributed by atoms with Gasteiger partial charge in [0.1, 0.15) is 6.02 Å². The van der Waals surface area contributed by atoms with Crippen LogP contribution in [-0.4, -0.2) is 34.5 Å². The molecule has 0 bridgehead atoms. The van der Waals surface area contributed by atoms with Crippen LogP contribution >= 0.6 is 11.6 Å². The molecule has 166 valence electrons. The molecule has 0 radical (unpaired) electrons. The maximum atomic E-state index is 14.6. The maximum Gasteiger partial charge on any atom is 0.349 e. The molecule has 2 aliphatic heterocycles. The number of fused-ring (bicyclic) bond motifs is 1. The van der Waals surface area contributed by atoms with Gasteiger partial charge < -0.3 is 10.2 Å². The zero-order valence-corrected chi connectivity index (χ0v) is 17.1. The van der Waals surface area contributed by atoms with Crippen LogP contribution in [0.15, 0.2) is 42.5 Å². The molecule has 10 heteroatoms. The Morgan fingerprint density at radius 1 is 1.31 bits per heavy atom. The van der Waals surface area contributed by atoms with Gasteiger partial charge in [0.25, 0.3) is 11.8 Å². The van der Waals surface area contributed by atoms with E-state index >= 15 is 0 Å². The van der Waals surface area contributed by atoms with Gasteiger partial charge in [-0.3, -0.25) is 24.5 Å². The van der Waals surface area contributed by atoms with Crippen molar-refractivity contribution < 1.29 is 33.5 Å². The number of hydrogen-bond acceptors (Lipinski definition) is 4. The van der Waals surface area contributed by atoms with Gasteiger partial charge in [0.2, 0.25) is 11.8 Å². The fourth-order valence-electron chi connectivity index (χ4n) is 3.43. The van der Waals surface area contributed by atoms with Crippen LogP contribution in [0.2, 0.25) is 7.85 Å². The van der Waals surface area contributed by atoms with Crippen molar-refractivity contribution in [2.75, 3.05) is 0 Å². The van der Waals surface area contributed by atoms with E-state index in [-0.39, 0.29) is 38.9 Å². The molecule has 1 saturated heterocycles. The summed E-state index contributed by atoms with van der Waals surface area (Å²) in [5, 5.41) is 0.268. The fourth-order valence-corrected chi connectivity index (χ4v) is 3.55. The highest BCUT2D eigenvalue weighted by Crippen LogP contribution is 2.30. The van der Waals surface area contributed by atoms with E-state index in [0.717, 1.165) is 17.0 Å². The van der Waals surface area contributed by atoms with E-state index in [1.165, 1.54) is 30.3 Å². The summed E-state index contributed by atoms with van der Waals surface area (Å²) < 4.78 is 61.3.